The third kappa shape index (κ3) is 2.54. The van der Waals surface area contributed by atoms with Crippen LogP contribution < -0.4 is 11.1 Å². The van der Waals surface area contributed by atoms with Crippen molar-refractivity contribution < 1.29 is 0 Å². The van der Waals surface area contributed by atoms with E-state index in [1.165, 1.54) is 6.20 Å². The molecule has 1 saturated heterocycles. The first-order chi connectivity index (χ1) is 9.24. The lowest BCUT2D eigenvalue weighted by Crippen LogP contribution is -2.29. The van der Waals surface area contributed by atoms with Crippen LogP contribution in [0.1, 0.15) is 18.9 Å². The van der Waals surface area contributed by atoms with E-state index < -0.39 is 0 Å². The van der Waals surface area contributed by atoms with E-state index >= 15 is 0 Å². The highest BCUT2D eigenvalue weighted by atomic mass is 35.5. The van der Waals surface area contributed by atoms with Crippen molar-refractivity contribution in [1.29, 1.82) is 0 Å². The predicted molar refractivity (Wildman–Crippen MR) is 73.8 cm³/mol. The number of hydrogen-bond donors (Lipinski definition) is 2. The van der Waals surface area contributed by atoms with Gasteiger partial charge in [0.15, 0.2) is 0 Å². The Kier molecular flexibility index (Phi) is 3.35. The Labute approximate surface area is 116 Å². The van der Waals surface area contributed by atoms with Crippen molar-refractivity contribution in [3.05, 3.63) is 23.6 Å². The summed E-state index contributed by atoms with van der Waals surface area (Å²) >= 11 is 6.10. The molecule has 3 heterocycles. The summed E-state index contributed by atoms with van der Waals surface area (Å²) in [6.45, 7) is 2.06. The van der Waals surface area contributed by atoms with Gasteiger partial charge in [-0.3, -0.25) is 4.68 Å². The molecule has 0 aromatic carbocycles. The lowest BCUT2D eigenvalue weighted by atomic mass is 10.1. The van der Waals surface area contributed by atoms with E-state index in [0.717, 1.165) is 31.5 Å². The number of nitrogens with zero attached hydrogens (tertiary/aromatic N) is 4. The zero-order valence-electron chi connectivity index (χ0n) is 10.4. The van der Waals surface area contributed by atoms with Gasteiger partial charge >= 0.3 is 0 Å². The van der Waals surface area contributed by atoms with E-state index in [4.69, 9.17) is 17.3 Å². The van der Waals surface area contributed by atoms with Crippen molar-refractivity contribution >= 4 is 17.5 Å². The molecule has 1 aliphatic heterocycles. The van der Waals surface area contributed by atoms with Gasteiger partial charge in [0.2, 0.25) is 5.95 Å². The number of nitrogens with one attached hydrogen (secondary N) is 1. The van der Waals surface area contributed by atoms with Gasteiger partial charge in [-0.05, 0) is 25.9 Å². The Morgan fingerprint density at radius 3 is 2.89 bits per heavy atom. The molecule has 0 bridgehead atoms. The smallest absolute Gasteiger partial charge is 0.220 e. The zero-order valence-corrected chi connectivity index (χ0v) is 11.1. The molecule has 6 nitrogen and oxygen atoms in total. The Morgan fingerprint density at radius 1 is 1.32 bits per heavy atom. The molecule has 2 aromatic rings. The zero-order chi connectivity index (χ0) is 13.2. The van der Waals surface area contributed by atoms with E-state index in [1.807, 2.05) is 10.9 Å². The van der Waals surface area contributed by atoms with Gasteiger partial charge in [-0.25, -0.2) is 9.97 Å². The fourth-order valence-electron chi connectivity index (χ4n) is 2.31. The number of nitrogen functional groups attached to an aromatic ring is 1. The molecular formula is C12H15ClN6. The molecule has 3 rings (SSSR count). The van der Waals surface area contributed by atoms with Crippen LogP contribution in [0.2, 0.25) is 5.02 Å². The van der Waals surface area contributed by atoms with Crippen molar-refractivity contribution in [1.82, 2.24) is 25.1 Å². The summed E-state index contributed by atoms with van der Waals surface area (Å²) in [7, 11) is 0. The third-order valence-electron chi connectivity index (χ3n) is 3.32. The summed E-state index contributed by atoms with van der Waals surface area (Å²) in [4.78, 5) is 8.03. The molecule has 2 aromatic heterocycles. The second kappa shape index (κ2) is 5.14. The molecule has 0 radical (unpaired) electrons. The fourth-order valence-corrected chi connectivity index (χ4v) is 2.51. The Morgan fingerprint density at radius 2 is 2.11 bits per heavy atom. The van der Waals surface area contributed by atoms with E-state index in [0.29, 0.717) is 16.8 Å². The quantitative estimate of drug-likeness (QED) is 0.870. The van der Waals surface area contributed by atoms with Crippen LogP contribution in [0.4, 0.5) is 5.95 Å². The van der Waals surface area contributed by atoms with Crippen LogP contribution in [-0.2, 0) is 0 Å². The van der Waals surface area contributed by atoms with Gasteiger partial charge in [0.1, 0.15) is 0 Å². The van der Waals surface area contributed by atoms with Crippen LogP contribution in [0.3, 0.4) is 0 Å². The predicted octanol–water partition coefficient (Wildman–Crippen LogP) is 1.50. The SMILES string of the molecule is Nc1ncc(Cl)c(-c2cnn(C3CCNCC3)c2)n1. The molecule has 0 unspecified atom stereocenters. The molecule has 19 heavy (non-hydrogen) atoms. The average Bonchev–Trinajstić information content (AvgIpc) is 2.92. The van der Waals surface area contributed by atoms with Crippen molar-refractivity contribution in [2.75, 3.05) is 18.8 Å². The minimum atomic E-state index is 0.217. The monoisotopic (exact) mass is 278 g/mol. The van der Waals surface area contributed by atoms with Gasteiger partial charge in [0.05, 0.1) is 29.2 Å². The Hall–Kier alpha value is -1.66. The molecule has 7 heteroatoms. The molecule has 3 N–H and O–H groups in total. The number of piperidine rings is 1. The minimum Gasteiger partial charge on any atom is -0.368 e. The molecule has 1 fully saturated rings. The van der Waals surface area contributed by atoms with Crippen molar-refractivity contribution in [3.8, 4) is 11.3 Å². The van der Waals surface area contributed by atoms with E-state index in [2.05, 4.69) is 20.4 Å². The van der Waals surface area contributed by atoms with Crippen molar-refractivity contribution in [3.63, 3.8) is 0 Å². The summed E-state index contributed by atoms with van der Waals surface area (Å²) in [5.74, 6) is 0.217. The second-order valence-corrected chi connectivity index (χ2v) is 5.02. The first kappa shape index (κ1) is 12.4. The lowest BCUT2D eigenvalue weighted by Gasteiger charge is -2.22. The first-order valence-electron chi connectivity index (χ1n) is 6.27. The van der Waals surface area contributed by atoms with Crippen molar-refractivity contribution in [2.45, 2.75) is 18.9 Å². The lowest BCUT2D eigenvalue weighted by molar-refractivity contribution is 0.343. The van der Waals surface area contributed by atoms with Crippen LogP contribution in [0.25, 0.3) is 11.3 Å². The molecule has 0 spiro atoms. The van der Waals surface area contributed by atoms with Crippen LogP contribution in [0.5, 0.6) is 0 Å². The highest BCUT2D eigenvalue weighted by Gasteiger charge is 2.17. The summed E-state index contributed by atoms with van der Waals surface area (Å²) in [5, 5.41) is 8.24. The van der Waals surface area contributed by atoms with Gasteiger partial charge in [-0.15, -0.1) is 0 Å². The number of hydrogen-bond acceptors (Lipinski definition) is 5. The molecular weight excluding hydrogens is 264 g/mol. The fraction of sp³-hybridized carbons (Fsp3) is 0.417. The number of rotatable bonds is 2. The standard InChI is InChI=1S/C12H15ClN6/c13-10-6-16-12(14)18-11(10)8-5-17-19(7-8)9-1-3-15-4-2-9/h5-7,9,15H,1-4H2,(H2,14,16,18). The van der Waals surface area contributed by atoms with Crippen LogP contribution in [0, 0.1) is 0 Å². The number of halogens is 1. The number of aromatic nitrogens is 4. The Bertz CT molecular complexity index is 575. The maximum absolute atomic E-state index is 6.10. The molecule has 1 aliphatic rings. The maximum Gasteiger partial charge on any atom is 0.220 e. The van der Waals surface area contributed by atoms with Gasteiger partial charge in [-0.1, -0.05) is 11.6 Å². The average molecular weight is 279 g/mol. The van der Waals surface area contributed by atoms with E-state index in [9.17, 15) is 0 Å². The molecule has 0 saturated carbocycles. The van der Waals surface area contributed by atoms with Crippen LogP contribution >= 0.6 is 11.6 Å². The highest BCUT2D eigenvalue weighted by Crippen LogP contribution is 2.27. The van der Waals surface area contributed by atoms with Gasteiger partial charge in [0.25, 0.3) is 0 Å². The van der Waals surface area contributed by atoms with Crippen molar-refractivity contribution in [2.24, 2.45) is 0 Å². The Balaban J connectivity index is 1.89. The largest absolute Gasteiger partial charge is 0.368 e. The summed E-state index contributed by atoms with van der Waals surface area (Å²) in [5.41, 5.74) is 7.10. The van der Waals surface area contributed by atoms with E-state index in [-0.39, 0.29) is 5.95 Å². The second-order valence-electron chi connectivity index (χ2n) is 4.61. The maximum atomic E-state index is 6.10. The summed E-state index contributed by atoms with van der Waals surface area (Å²) < 4.78 is 1.99. The highest BCUT2D eigenvalue weighted by molar-refractivity contribution is 6.32. The third-order valence-corrected chi connectivity index (χ3v) is 3.60. The molecule has 0 atom stereocenters. The van der Waals surface area contributed by atoms with Crippen LogP contribution in [0.15, 0.2) is 18.6 Å². The van der Waals surface area contributed by atoms with Gasteiger partial charge in [-0.2, -0.15) is 5.10 Å². The number of nitrogens with two attached hydrogens (primary N) is 1. The topological polar surface area (TPSA) is 81.6 Å². The molecule has 100 valence electrons. The van der Waals surface area contributed by atoms with Gasteiger partial charge < -0.3 is 11.1 Å². The molecule has 0 amide bonds. The van der Waals surface area contributed by atoms with E-state index in [1.54, 1.807) is 6.20 Å². The minimum absolute atomic E-state index is 0.217. The normalized spacial score (nSPS) is 16.7. The van der Waals surface area contributed by atoms with Crippen LogP contribution in [-0.4, -0.2) is 32.8 Å². The first-order valence-corrected chi connectivity index (χ1v) is 6.65. The number of anilines is 1. The molecule has 0 aliphatic carbocycles. The summed E-state index contributed by atoms with van der Waals surface area (Å²) in [6, 6.07) is 0.438. The van der Waals surface area contributed by atoms with Gasteiger partial charge in [0, 0.05) is 11.8 Å². The summed E-state index contributed by atoms with van der Waals surface area (Å²) in [6.07, 6.45) is 7.43.